The molecule has 0 spiro atoms. The number of amides is 1. The normalized spacial score (nSPS) is 16.5. The molecule has 0 bridgehead atoms. The van der Waals surface area contributed by atoms with E-state index in [0.717, 1.165) is 47.6 Å². The standard InChI is InChI=1S/C22H26N2O3/c1-26-18-9-7-15(8-10-18)13-16-14-20(24-19-11-12-27-21(16)19)22(25)23-17-5-3-2-4-6-17/h7-10,14,17H,2-6,11-13H2,1H3,(H,23,25). The molecule has 27 heavy (non-hydrogen) atoms. The lowest BCUT2D eigenvalue weighted by Crippen LogP contribution is -2.36. The van der Waals surface area contributed by atoms with Gasteiger partial charge in [-0.2, -0.15) is 0 Å². The van der Waals surface area contributed by atoms with Crippen molar-refractivity contribution < 1.29 is 14.3 Å². The van der Waals surface area contributed by atoms with Crippen LogP contribution < -0.4 is 14.8 Å². The molecule has 2 aliphatic rings. The molecular formula is C22H26N2O3. The number of rotatable bonds is 5. The number of hydrogen-bond acceptors (Lipinski definition) is 4. The van der Waals surface area contributed by atoms with Gasteiger partial charge in [0.25, 0.3) is 5.91 Å². The van der Waals surface area contributed by atoms with Crippen LogP contribution >= 0.6 is 0 Å². The summed E-state index contributed by atoms with van der Waals surface area (Å²) in [4.78, 5) is 17.4. The second kappa shape index (κ2) is 7.99. The largest absolute Gasteiger partial charge is 0.497 e. The highest BCUT2D eigenvalue weighted by Gasteiger charge is 2.23. The molecule has 0 saturated heterocycles. The number of aromatic nitrogens is 1. The smallest absolute Gasteiger partial charge is 0.270 e. The van der Waals surface area contributed by atoms with Crippen LogP contribution in [0, 0.1) is 0 Å². The van der Waals surface area contributed by atoms with Gasteiger partial charge >= 0.3 is 0 Å². The Morgan fingerprint density at radius 1 is 1.22 bits per heavy atom. The zero-order valence-corrected chi connectivity index (χ0v) is 15.8. The van der Waals surface area contributed by atoms with Crippen molar-refractivity contribution in [1.29, 1.82) is 0 Å². The molecule has 0 atom stereocenters. The van der Waals surface area contributed by atoms with Crippen LogP contribution in [0.2, 0.25) is 0 Å². The van der Waals surface area contributed by atoms with Gasteiger partial charge in [0.15, 0.2) is 0 Å². The van der Waals surface area contributed by atoms with Crippen LogP contribution in [0.4, 0.5) is 0 Å². The fourth-order valence-electron chi connectivity index (χ4n) is 3.96. The Labute approximate surface area is 160 Å². The van der Waals surface area contributed by atoms with Gasteiger partial charge in [0.05, 0.1) is 19.4 Å². The Bertz CT molecular complexity index is 811. The summed E-state index contributed by atoms with van der Waals surface area (Å²) >= 11 is 0. The first kappa shape index (κ1) is 17.8. The molecular weight excluding hydrogens is 340 g/mol. The van der Waals surface area contributed by atoms with E-state index in [0.29, 0.717) is 18.7 Å². The van der Waals surface area contributed by atoms with Crippen LogP contribution in [0.1, 0.15) is 59.4 Å². The monoisotopic (exact) mass is 366 g/mol. The third kappa shape index (κ3) is 4.07. The molecule has 1 N–H and O–H groups in total. The third-order valence-electron chi connectivity index (χ3n) is 5.43. The SMILES string of the molecule is COc1ccc(Cc2cc(C(=O)NC3CCCCC3)nc3c2OCC3)cc1. The van der Waals surface area contributed by atoms with E-state index < -0.39 is 0 Å². The summed E-state index contributed by atoms with van der Waals surface area (Å²) in [5.41, 5.74) is 3.58. The van der Waals surface area contributed by atoms with Gasteiger partial charge in [-0.25, -0.2) is 4.98 Å². The molecule has 1 saturated carbocycles. The molecule has 1 fully saturated rings. The zero-order valence-electron chi connectivity index (χ0n) is 15.8. The molecule has 1 aromatic carbocycles. The second-order valence-electron chi connectivity index (χ2n) is 7.37. The van der Waals surface area contributed by atoms with E-state index in [1.165, 1.54) is 19.3 Å². The van der Waals surface area contributed by atoms with E-state index in [-0.39, 0.29) is 11.9 Å². The number of nitrogens with zero attached hydrogens (tertiary/aromatic N) is 1. The lowest BCUT2D eigenvalue weighted by Gasteiger charge is -2.22. The van der Waals surface area contributed by atoms with E-state index in [1.807, 2.05) is 30.3 Å². The van der Waals surface area contributed by atoms with Crippen molar-refractivity contribution in [3.05, 3.63) is 52.8 Å². The number of nitrogens with one attached hydrogen (secondary N) is 1. The van der Waals surface area contributed by atoms with E-state index in [1.54, 1.807) is 7.11 Å². The van der Waals surface area contributed by atoms with Crippen molar-refractivity contribution in [3.63, 3.8) is 0 Å². The van der Waals surface area contributed by atoms with Crippen molar-refractivity contribution in [2.24, 2.45) is 0 Å². The van der Waals surface area contributed by atoms with Crippen molar-refractivity contribution in [2.75, 3.05) is 13.7 Å². The minimum Gasteiger partial charge on any atom is -0.497 e. The predicted octanol–water partition coefficient (Wildman–Crippen LogP) is 3.68. The third-order valence-corrected chi connectivity index (χ3v) is 5.43. The van der Waals surface area contributed by atoms with E-state index >= 15 is 0 Å². The highest BCUT2D eigenvalue weighted by molar-refractivity contribution is 5.93. The lowest BCUT2D eigenvalue weighted by atomic mass is 9.95. The maximum absolute atomic E-state index is 12.8. The molecule has 1 aliphatic carbocycles. The number of carbonyl (C=O) groups excluding carboxylic acids is 1. The van der Waals surface area contributed by atoms with Gasteiger partial charge in [-0.1, -0.05) is 31.4 Å². The summed E-state index contributed by atoms with van der Waals surface area (Å²) in [6.07, 6.45) is 7.26. The van der Waals surface area contributed by atoms with Gasteiger partial charge in [0, 0.05) is 24.4 Å². The number of pyridine rings is 1. The van der Waals surface area contributed by atoms with Crippen molar-refractivity contribution in [2.45, 2.75) is 51.0 Å². The molecule has 2 aromatic rings. The molecule has 1 aromatic heterocycles. The van der Waals surface area contributed by atoms with Crippen LogP contribution in [-0.2, 0) is 12.8 Å². The summed E-state index contributed by atoms with van der Waals surface area (Å²) in [6.45, 7) is 0.631. The Hall–Kier alpha value is -2.56. The molecule has 0 unspecified atom stereocenters. The maximum Gasteiger partial charge on any atom is 0.270 e. The Morgan fingerprint density at radius 3 is 2.74 bits per heavy atom. The first-order valence-electron chi connectivity index (χ1n) is 9.82. The predicted molar refractivity (Wildman–Crippen MR) is 104 cm³/mol. The molecule has 5 heteroatoms. The Kier molecular flexibility index (Phi) is 5.28. The van der Waals surface area contributed by atoms with Crippen LogP contribution in [0.25, 0.3) is 0 Å². The molecule has 1 amide bonds. The van der Waals surface area contributed by atoms with Gasteiger partial charge in [-0.05, 0) is 36.6 Å². The van der Waals surface area contributed by atoms with Gasteiger partial charge in [-0.3, -0.25) is 4.79 Å². The summed E-state index contributed by atoms with van der Waals surface area (Å²) in [5.74, 6) is 1.62. The number of hydrogen-bond donors (Lipinski definition) is 1. The fourth-order valence-corrected chi connectivity index (χ4v) is 3.96. The molecule has 1 aliphatic heterocycles. The average Bonchev–Trinajstić information content (AvgIpc) is 3.18. The van der Waals surface area contributed by atoms with Crippen LogP contribution in [0.15, 0.2) is 30.3 Å². The molecule has 0 radical (unpaired) electrons. The van der Waals surface area contributed by atoms with E-state index in [9.17, 15) is 4.79 Å². The first-order valence-corrected chi connectivity index (χ1v) is 9.82. The lowest BCUT2D eigenvalue weighted by molar-refractivity contribution is 0.0922. The summed E-state index contributed by atoms with van der Waals surface area (Å²) in [7, 11) is 1.66. The number of methoxy groups -OCH3 is 1. The molecule has 142 valence electrons. The van der Waals surface area contributed by atoms with Crippen LogP contribution in [0.5, 0.6) is 11.5 Å². The topological polar surface area (TPSA) is 60.5 Å². The highest BCUT2D eigenvalue weighted by atomic mass is 16.5. The average molecular weight is 366 g/mol. The zero-order chi connectivity index (χ0) is 18.6. The summed E-state index contributed by atoms with van der Waals surface area (Å²) < 4.78 is 11.0. The van der Waals surface area contributed by atoms with E-state index in [2.05, 4.69) is 10.3 Å². The van der Waals surface area contributed by atoms with Crippen LogP contribution in [0.3, 0.4) is 0 Å². The Morgan fingerprint density at radius 2 is 2.00 bits per heavy atom. The van der Waals surface area contributed by atoms with Gasteiger partial charge in [0.1, 0.15) is 17.2 Å². The number of fused-ring (bicyclic) bond motifs is 1. The number of benzene rings is 1. The van der Waals surface area contributed by atoms with Gasteiger partial charge < -0.3 is 14.8 Å². The molecule has 4 rings (SSSR count). The van der Waals surface area contributed by atoms with Crippen LogP contribution in [-0.4, -0.2) is 30.6 Å². The summed E-state index contributed by atoms with van der Waals surface area (Å²) in [5, 5.41) is 3.17. The number of carbonyl (C=O) groups is 1. The van der Waals surface area contributed by atoms with Crippen molar-refractivity contribution in [3.8, 4) is 11.5 Å². The van der Waals surface area contributed by atoms with Gasteiger partial charge in [-0.15, -0.1) is 0 Å². The fraction of sp³-hybridized carbons (Fsp3) is 0.455. The maximum atomic E-state index is 12.8. The number of ether oxygens (including phenoxy) is 2. The second-order valence-corrected chi connectivity index (χ2v) is 7.37. The van der Waals surface area contributed by atoms with Crippen molar-refractivity contribution in [1.82, 2.24) is 10.3 Å². The molecule has 5 nitrogen and oxygen atoms in total. The minimum absolute atomic E-state index is 0.0624. The van der Waals surface area contributed by atoms with Crippen molar-refractivity contribution >= 4 is 5.91 Å². The van der Waals surface area contributed by atoms with Gasteiger partial charge in [0.2, 0.25) is 0 Å². The molecule has 2 heterocycles. The Balaban J connectivity index is 1.56. The highest BCUT2D eigenvalue weighted by Crippen LogP contribution is 2.31. The first-order chi connectivity index (χ1) is 13.2. The summed E-state index contributed by atoms with van der Waals surface area (Å²) in [6, 6.07) is 10.2. The van der Waals surface area contributed by atoms with E-state index in [4.69, 9.17) is 9.47 Å². The minimum atomic E-state index is -0.0624. The quantitative estimate of drug-likeness (QED) is 0.877.